The number of benzene rings is 2. The zero-order valence-corrected chi connectivity index (χ0v) is 14.8. The Hall–Kier alpha value is -3.60. The summed E-state index contributed by atoms with van der Waals surface area (Å²) >= 11 is 0. The summed E-state index contributed by atoms with van der Waals surface area (Å²) in [5.41, 5.74) is 4.01. The van der Waals surface area contributed by atoms with Crippen molar-refractivity contribution >= 4 is 0 Å². The predicted molar refractivity (Wildman–Crippen MR) is 102 cm³/mol. The molecule has 4 rings (SSSR count). The number of phenols is 1. The van der Waals surface area contributed by atoms with Crippen LogP contribution in [0.5, 0.6) is 11.5 Å². The van der Waals surface area contributed by atoms with Gasteiger partial charge in [-0.15, -0.1) is 0 Å². The van der Waals surface area contributed by atoms with Gasteiger partial charge in [-0.3, -0.25) is 4.98 Å². The molecule has 5 nitrogen and oxygen atoms in total. The number of hydrogen-bond donors (Lipinski definition) is 1. The molecule has 4 aromatic rings. The molecular formula is C22H18N2O3. The number of aromatic hydroxyl groups is 1. The van der Waals surface area contributed by atoms with Crippen molar-refractivity contribution in [3.8, 4) is 34.2 Å². The summed E-state index contributed by atoms with van der Waals surface area (Å²) in [5, 5.41) is 14.5. The average Bonchev–Trinajstić information content (AvgIpc) is 3.17. The quantitative estimate of drug-likeness (QED) is 0.544. The summed E-state index contributed by atoms with van der Waals surface area (Å²) in [4.78, 5) is 4.34. The molecule has 0 spiro atoms. The van der Waals surface area contributed by atoms with E-state index in [9.17, 15) is 5.11 Å². The molecule has 0 aliphatic heterocycles. The summed E-state index contributed by atoms with van der Waals surface area (Å²) in [6.07, 6.45) is 1.72. The minimum absolute atomic E-state index is 0.0704. The lowest BCUT2D eigenvalue weighted by atomic mass is 10.1. The SMILES string of the molecule is Cc1cccnc1-c1cc(-c2ccc(OCc3ccccc3)cc2O)on1. The number of rotatable bonds is 5. The summed E-state index contributed by atoms with van der Waals surface area (Å²) in [5.74, 6) is 1.13. The molecule has 27 heavy (non-hydrogen) atoms. The summed E-state index contributed by atoms with van der Waals surface area (Å²) < 4.78 is 11.2. The van der Waals surface area contributed by atoms with Crippen LogP contribution >= 0.6 is 0 Å². The standard InChI is InChI=1S/C22H18N2O3/c1-15-6-5-11-23-22(15)19-13-21(27-24-19)18-10-9-17(12-20(18)25)26-14-16-7-3-2-4-8-16/h2-13,25H,14H2,1H3. The van der Waals surface area contributed by atoms with Gasteiger partial charge in [0, 0.05) is 18.3 Å². The molecule has 0 aliphatic carbocycles. The number of aryl methyl sites for hydroxylation is 1. The molecule has 0 unspecified atom stereocenters. The first-order valence-corrected chi connectivity index (χ1v) is 8.59. The third kappa shape index (κ3) is 3.67. The Labute approximate surface area is 156 Å². The molecule has 0 aliphatic rings. The van der Waals surface area contributed by atoms with E-state index >= 15 is 0 Å². The number of nitrogens with zero attached hydrogens (tertiary/aromatic N) is 2. The van der Waals surface area contributed by atoms with Crippen LogP contribution in [0, 0.1) is 6.92 Å². The van der Waals surface area contributed by atoms with Crippen molar-refractivity contribution in [1.29, 1.82) is 0 Å². The number of aromatic nitrogens is 2. The number of pyridine rings is 1. The molecular weight excluding hydrogens is 340 g/mol. The maximum atomic E-state index is 10.4. The molecule has 134 valence electrons. The topological polar surface area (TPSA) is 68.4 Å². The molecule has 0 saturated heterocycles. The van der Waals surface area contributed by atoms with Gasteiger partial charge >= 0.3 is 0 Å². The minimum atomic E-state index is 0.0704. The fourth-order valence-corrected chi connectivity index (χ4v) is 2.82. The van der Waals surface area contributed by atoms with E-state index in [0.717, 1.165) is 16.8 Å². The van der Waals surface area contributed by atoms with Crippen molar-refractivity contribution in [2.45, 2.75) is 13.5 Å². The van der Waals surface area contributed by atoms with Gasteiger partial charge in [0.15, 0.2) is 5.76 Å². The van der Waals surface area contributed by atoms with Crippen molar-refractivity contribution in [3.05, 3.63) is 84.1 Å². The number of hydrogen-bond acceptors (Lipinski definition) is 5. The Morgan fingerprint density at radius 3 is 2.63 bits per heavy atom. The molecule has 0 amide bonds. The van der Waals surface area contributed by atoms with Crippen LogP contribution < -0.4 is 4.74 Å². The normalized spacial score (nSPS) is 10.7. The van der Waals surface area contributed by atoms with Gasteiger partial charge in [-0.2, -0.15) is 0 Å². The first-order valence-electron chi connectivity index (χ1n) is 8.59. The summed E-state index contributed by atoms with van der Waals surface area (Å²) in [6.45, 7) is 2.40. The average molecular weight is 358 g/mol. The summed E-state index contributed by atoms with van der Waals surface area (Å²) in [6, 6.07) is 20.6. The van der Waals surface area contributed by atoms with Crippen molar-refractivity contribution < 1.29 is 14.4 Å². The Balaban J connectivity index is 1.54. The van der Waals surface area contributed by atoms with Gasteiger partial charge < -0.3 is 14.4 Å². The molecule has 1 N–H and O–H groups in total. The maximum Gasteiger partial charge on any atom is 0.171 e. The first kappa shape index (κ1) is 16.8. The lowest BCUT2D eigenvalue weighted by Crippen LogP contribution is -1.94. The van der Waals surface area contributed by atoms with Crippen LogP contribution in [0.15, 0.2) is 77.4 Å². The van der Waals surface area contributed by atoms with Gasteiger partial charge in [0.25, 0.3) is 0 Å². The second-order valence-corrected chi connectivity index (χ2v) is 6.20. The zero-order valence-electron chi connectivity index (χ0n) is 14.8. The van der Waals surface area contributed by atoms with E-state index in [1.807, 2.05) is 49.4 Å². The van der Waals surface area contributed by atoms with Crippen LogP contribution in [0.1, 0.15) is 11.1 Å². The predicted octanol–water partition coefficient (Wildman–Crippen LogP) is 5.00. The smallest absolute Gasteiger partial charge is 0.171 e. The molecule has 0 fully saturated rings. The van der Waals surface area contributed by atoms with Crippen molar-refractivity contribution in [1.82, 2.24) is 10.1 Å². The second-order valence-electron chi connectivity index (χ2n) is 6.20. The molecule has 0 bridgehead atoms. The highest BCUT2D eigenvalue weighted by molar-refractivity contribution is 5.71. The fourth-order valence-electron chi connectivity index (χ4n) is 2.82. The van der Waals surface area contributed by atoms with E-state index in [-0.39, 0.29) is 5.75 Å². The van der Waals surface area contributed by atoms with Crippen molar-refractivity contribution in [2.75, 3.05) is 0 Å². The third-order valence-electron chi connectivity index (χ3n) is 4.25. The number of phenolic OH excluding ortho intramolecular Hbond substituents is 1. The fraction of sp³-hybridized carbons (Fsp3) is 0.0909. The minimum Gasteiger partial charge on any atom is -0.507 e. The van der Waals surface area contributed by atoms with Crippen LogP contribution in [-0.2, 0) is 6.61 Å². The first-order chi connectivity index (χ1) is 13.2. The molecule has 0 radical (unpaired) electrons. The Bertz CT molecular complexity index is 1060. The zero-order chi connectivity index (χ0) is 18.6. The Kier molecular flexibility index (Phi) is 4.58. The van der Waals surface area contributed by atoms with E-state index in [2.05, 4.69) is 10.1 Å². The van der Waals surface area contributed by atoms with E-state index in [1.54, 1.807) is 30.5 Å². The van der Waals surface area contributed by atoms with E-state index in [4.69, 9.17) is 9.26 Å². The largest absolute Gasteiger partial charge is 0.507 e. The van der Waals surface area contributed by atoms with Crippen molar-refractivity contribution in [3.63, 3.8) is 0 Å². The van der Waals surface area contributed by atoms with Gasteiger partial charge in [0.1, 0.15) is 23.8 Å². The van der Waals surface area contributed by atoms with Gasteiger partial charge in [-0.1, -0.05) is 41.6 Å². The molecule has 2 aromatic carbocycles. The van der Waals surface area contributed by atoms with Gasteiger partial charge in [-0.05, 0) is 36.2 Å². The van der Waals surface area contributed by atoms with E-state index in [1.165, 1.54) is 0 Å². The van der Waals surface area contributed by atoms with Crippen molar-refractivity contribution in [2.24, 2.45) is 0 Å². The molecule has 2 heterocycles. The molecule has 5 heteroatoms. The van der Waals surface area contributed by atoms with Crippen LogP contribution in [0.2, 0.25) is 0 Å². The lowest BCUT2D eigenvalue weighted by molar-refractivity contribution is 0.304. The highest BCUT2D eigenvalue weighted by Crippen LogP contribution is 2.34. The van der Waals surface area contributed by atoms with Gasteiger partial charge in [-0.25, -0.2) is 0 Å². The van der Waals surface area contributed by atoms with Crippen LogP contribution in [0.25, 0.3) is 22.7 Å². The van der Waals surface area contributed by atoms with Crippen LogP contribution in [-0.4, -0.2) is 15.2 Å². The third-order valence-corrected chi connectivity index (χ3v) is 4.25. The second kappa shape index (κ2) is 7.33. The maximum absolute atomic E-state index is 10.4. The monoisotopic (exact) mass is 358 g/mol. The highest BCUT2D eigenvalue weighted by Gasteiger charge is 2.14. The van der Waals surface area contributed by atoms with Gasteiger partial charge in [0.05, 0.1) is 11.3 Å². The molecule has 0 saturated carbocycles. The molecule has 0 atom stereocenters. The summed E-state index contributed by atoms with van der Waals surface area (Å²) in [7, 11) is 0. The van der Waals surface area contributed by atoms with E-state index < -0.39 is 0 Å². The van der Waals surface area contributed by atoms with E-state index in [0.29, 0.717) is 29.4 Å². The van der Waals surface area contributed by atoms with Crippen LogP contribution in [0.3, 0.4) is 0 Å². The van der Waals surface area contributed by atoms with Gasteiger partial charge in [0.2, 0.25) is 0 Å². The Morgan fingerprint density at radius 2 is 1.85 bits per heavy atom. The lowest BCUT2D eigenvalue weighted by Gasteiger charge is -2.08. The number of ether oxygens (including phenoxy) is 1. The van der Waals surface area contributed by atoms with Crippen LogP contribution in [0.4, 0.5) is 0 Å². The highest BCUT2D eigenvalue weighted by atomic mass is 16.5. The molecule has 2 aromatic heterocycles. The Morgan fingerprint density at radius 1 is 1.00 bits per heavy atom.